The lowest BCUT2D eigenvalue weighted by Crippen LogP contribution is -2.23. The number of thioether (sulfide) groups is 1. The predicted molar refractivity (Wildman–Crippen MR) is 105 cm³/mol. The molecule has 10 heteroatoms. The fourth-order valence-corrected chi connectivity index (χ4v) is 5.69. The Bertz CT molecular complexity index is 1040. The third kappa shape index (κ3) is 3.40. The Kier molecular flexibility index (Phi) is 4.80. The minimum absolute atomic E-state index is 0.107. The summed E-state index contributed by atoms with van der Waals surface area (Å²) in [6.45, 7) is 3.60. The van der Waals surface area contributed by atoms with Crippen LogP contribution < -0.4 is 10.9 Å². The molecule has 1 aliphatic carbocycles. The van der Waals surface area contributed by atoms with Gasteiger partial charge in [0.15, 0.2) is 5.16 Å². The SMILES string of the molecule is Cc1nnc(NC(=O)C(C)Sc2nc3sc4c(c3c(=O)[nH]2)CCCC4)s1. The summed E-state index contributed by atoms with van der Waals surface area (Å²) in [6, 6.07) is 0. The second-order valence-corrected chi connectivity index (χ2v) is 9.73. The first-order valence-corrected chi connectivity index (χ1v) is 10.8. The summed E-state index contributed by atoms with van der Waals surface area (Å²) in [4.78, 5) is 34.4. The van der Waals surface area contributed by atoms with E-state index in [9.17, 15) is 9.59 Å². The Morgan fingerprint density at radius 3 is 2.85 bits per heavy atom. The van der Waals surface area contributed by atoms with Crippen LogP contribution in [0, 0.1) is 6.92 Å². The van der Waals surface area contributed by atoms with Gasteiger partial charge in [-0.1, -0.05) is 23.1 Å². The zero-order valence-electron chi connectivity index (χ0n) is 14.3. The van der Waals surface area contributed by atoms with Crippen LogP contribution in [0.2, 0.25) is 0 Å². The van der Waals surface area contributed by atoms with Crippen LogP contribution in [0.3, 0.4) is 0 Å². The standard InChI is InChI=1S/C16H17N5O2S3/c1-7(12(22)17-16-21-20-8(2)25-16)24-15-18-13(23)11-9-5-3-4-6-10(9)26-14(11)19-15/h7H,3-6H2,1-2H3,(H,17,21,22)(H,18,19,23). The molecular weight excluding hydrogens is 390 g/mol. The van der Waals surface area contributed by atoms with Gasteiger partial charge in [0.05, 0.1) is 10.6 Å². The highest BCUT2D eigenvalue weighted by atomic mass is 32.2. The quantitative estimate of drug-likeness (QED) is 0.509. The van der Waals surface area contributed by atoms with Gasteiger partial charge < -0.3 is 4.98 Å². The Hall–Kier alpha value is -1.78. The number of hydrogen-bond donors (Lipinski definition) is 2. The van der Waals surface area contributed by atoms with E-state index in [-0.39, 0.29) is 11.5 Å². The number of hydrogen-bond acceptors (Lipinski definition) is 8. The molecule has 1 unspecified atom stereocenters. The molecule has 3 aromatic rings. The number of aromatic amines is 1. The van der Waals surface area contributed by atoms with Crippen LogP contribution in [-0.2, 0) is 17.6 Å². The zero-order valence-corrected chi connectivity index (χ0v) is 16.7. The first-order valence-electron chi connectivity index (χ1n) is 8.33. The second-order valence-electron chi connectivity index (χ2n) is 6.14. The number of aromatic nitrogens is 4. The zero-order chi connectivity index (χ0) is 18.3. The molecular formula is C16H17N5O2S3. The smallest absolute Gasteiger partial charge is 0.260 e. The summed E-state index contributed by atoms with van der Waals surface area (Å²) < 4.78 is 0. The van der Waals surface area contributed by atoms with Gasteiger partial charge >= 0.3 is 0 Å². The van der Waals surface area contributed by atoms with Gasteiger partial charge in [-0.3, -0.25) is 14.9 Å². The third-order valence-electron chi connectivity index (χ3n) is 4.22. The number of carbonyl (C=O) groups is 1. The molecule has 0 saturated carbocycles. The van der Waals surface area contributed by atoms with Gasteiger partial charge in [0, 0.05) is 4.88 Å². The fraction of sp³-hybridized carbons (Fsp3) is 0.438. The molecule has 3 heterocycles. The highest BCUT2D eigenvalue weighted by Crippen LogP contribution is 2.34. The van der Waals surface area contributed by atoms with Crippen molar-refractivity contribution in [2.75, 3.05) is 5.32 Å². The lowest BCUT2D eigenvalue weighted by molar-refractivity contribution is -0.115. The molecule has 0 radical (unpaired) electrons. The Morgan fingerprint density at radius 1 is 1.27 bits per heavy atom. The van der Waals surface area contributed by atoms with Crippen molar-refractivity contribution in [2.45, 2.75) is 49.9 Å². The number of nitrogens with one attached hydrogen (secondary N) is 2. The maximum Gasteiger partial charge on any atom is 0.260 e. The number of aryl methyl sites for hydroxylation is 3. The van der Waals surface area contributed by atoms with Crippen LogP contribution in [0.4, 0.5) is 5.13 Å². The van der Waals surface area contributed by atoms with Gasteiger partial charge in [0.1, 0.15) is 9.84 Å². The first kappa shape index (κ1) is 17.6. The molecule has 7 nitrogen and oxygen atoms in total. The number of H-pyrrole nitrogens is 1. The molecule has 1 atom stereocenters. The topological polar surface area (TPSA) is 101 Å². The van der Waals surface area contributed by atoms with Crippen molar-refractivity contribution < 1.29 is 4.79 Å². The summed E-state index contributed by atoms with van der Waals surface area (Å²) in [7, 11) is 0. The van der Waals surface area contributed by atoms with Gasteiger partial charge in [-0.2, -0.15) is 0 Å². The molecule has 1 aliphatic rings. The van der Waals surface area contributed by atoms with E-state index in [0.717, 1.165) is 34.5 Å². The van der Waals surface area contributed by atoms with Gasteiger partial charge in [-0.15, -0.1) is 21.5 Å². The summed E-state index contributed by atoms with van der Waals surface area (Å²) in [5.74, 6) is -0.195. The summed E-state index contributed by atoms with van der Waals surface area (Å²) in [5, 5.41) is 12.6. The van der Waals surface area contributed by atoms with Crippen molar-refractivity contribution in [3.63, 3.8) is 0 Å². The maximum atomic E-state index is 12.6. The minimum atomic E-state index is -0.422. The van der Waals surface area contributed by atoms with Crippen molar-refractivity contribution >= 4 is 55.7 Å². The lowest BCUT2D eigenvalue weighted by atomic mass is 9.97. The fourth-order valence-electron chi connectivity index (χ4n) is 2.98. The van der Waals surface area contributed by atoms with E-state index >= 15 is 0 Å². The lowest BCUT2D eigenvalue weighted by Gasteiger charge is -2.10. The number of rotatable bonds is 4. The average Bonchev–Trinajstić information content (AvgIpc) is 3.17. The molecule has 0 fully saturated rings. The average molecular weight is 408 g/mol. The van der Waals surface area contributed by atoms with Gasteiger partial charge in [0.25, 0.3) is 5.56 Å². The minimum Gasteiger partial charge on any atom is -0.301 e. The molecule has 0 saturated heterocycles. The molecule has 3 aromatic heterocycles. The van der Waals surface area contributed by atoms with Crippen molar-refractivity contribution in [1.29, 1.82) is 0 Å². The van der Waals surface area contributed by atoms with E-state index < -0.39 is 5.25 Å². The van der Waals surface area contributed by atoms with E-state index in [2.05, 4.69) is 25.5 Å². The molecule has 1 amide bonds. The third-order valence-corrected chi connectivity index (χ3v) is 7.14. The number of amides is 1. The van der Waals surface area contributed by atoms with E-state index in [1.807, 2.05) is 6.92 Å². The second kappa shape index (κ2) is 7.09. The highest BCUT2D eigenvalue weighted by molar-refractivity contribution is 8.00. The molecule has 26 heavy (non-hydrogen) atoms. The van der Waals surface area contributed by atoms with Crippen molar-refractivity contribution in [2.24, 2.45) is 0 Å². The van der Waals surface area contributed by atoms with E-state index in [4.69, 9.17) is 0 Å². The number of nitrogens with zero attached hydrogens (tertiary/aromatic N) is 3. The first-order chi connectivity index (χ1) is 12.5. The monoisotopic (exact) mass is 407 g/mol. The van der Waals surface area contributed by atoms with Gasteiger partial charge in [-0.25, -0.2) is 4.98 Å². The Balaban J connectivity index is 1.55. The van der Waals surface area contributed by atoms with Crippen LogP contribution >= 0.6 is 34.4 Å². The van der Waals surface area contributed by atoms with Crippen LogP contribution in [0.5, 0.6) is 0 Å². The Morgan fingerprint density at radius 2 is 2.08 bits per heavy atom. The number of anilines is 1. The van der Waals surface area contributed by atoms with Gasteiger partial charge in [0.2, 0.25) is 11.0 Å². The highest BCUT2D eigenvalue weighted by Gasteiger charge is 2.22. The van der Waals surface area contributed by atoms with Crippen LogP contribution in [0.25, 0.3) is 10.2 Å². The molecule has 0 spiro atoms. The normalized spacial score (nSPS) is 15.0. The number of thiophene rings is 1. The predicted octanol–water partition coefficient (Wildman–Crippen LogP) is 3.14. The molecule has 0 aromatic carbocycles. The molecule has 4 rings (SSSR count). The Labute approximate surface area is 161 Å². The van der Waals surface area contributed by atoms with Crippen LogP contribution in [0.15, 0.2) is 9.95 Å². The molecule has 2 N–H and O–H groups in total. The molecule has 0 bridgehead atoms. The van der Waals surface area contributed by atoms with E-state index in [0.29, 0.717) is 10.3 Å². The molecule has 136 valence electrons. The van der Waals surface area contributed by atoms with Crippen LogP contribution in [0.1, 0.15) is 35.2 Å². The summed E-state index contributed by atoms with van der Waals surface area (Å²) >= 11 is 4.17. The van der Waals surface area contributed by atoms with Crippen molar-refractivity contribution in [3.05, 3.63) is 25.8 Å². The summed E-state index contributed by atoms with van der Waals surface area (Å²) in [6.07, 6.45) is 4.27. The summed E-state index contributed by atoms with van der Waals surface area (Å²) in [5.41, 5.74) is 1.06. The van der Waals surface area contributed by atoms with Crippen molar-refractivity contribution in [3.8, 4) is 0 Å². The largest absolute Gasteiger partial charge is 0.301 e. The van der Waals surface area contributed by atoms with E-state index in [1.165, 1.54) is 40.0 Å². The molecule has 0 aliphatic heterocycles. The van der Waals surface area contributed by atoms with Crippen LogP contribution in [-0.4, -0.2) is 31.3 Å². The number of fused-ring (bicyclic) bond motifs is 3. The van der Waals surface area contributed by atoms with Crippen molar-refractivity contribution in [1.82, 2.24) is 20.2 Å². The van der Waals surface area contributed by atoms with Gasteiger partial charge in [-0.05, 0) is 45.1 Å². The maximum absolute atomic E-state index is 12.6. The van der Waals surface area contributed by atoms with E-state index in [1.54, 1.807) is 18.3 Å². The number of carbonyl (C=O) groups excluding carboxylic acids is 1.